The highest BCUT2D eigenvalue weighted by Gasteiger charge is 2.12. The molecule has 0 amide bonds. The Hall–Kier alpha value is -2.62. The van der Waals surface area contributed by atoms with E-state index in [-0.39, 0.29) is 0 Å². The van der Waals surface area contributed by atoms with Crippen LogP contribution in [0.15, 0.2) is 54.6 Å². The number of hydrogen-bond donors (Lipinski definition) is 0. The number of unbranched alkanes of at least 4 members (excludes halogenated alkanes) is 3. The molecule has 0 aromatic heterocycles. The summed E-state index contributed by atoms with van der Waals surface area (Å²) in [4.78, 5) is 24.2. The summed E-state index contributed by atoms with van der Waals surface area (Å²) in [5, 5.41) is 0. The highest BCUT2D eigenvalue weighted by Crippen LogP contribution is 2.10. The van der Waals surface area contributed by atoms with Crippen LogP contribution in [0.3, 0.4) is 0 Å². The Balaban J connectivity index is 1.81. The monoisotopic (exact) mass is 354 g/mol. The molecule has 0 N–H and O–H groups in total. The van der Waals surface area contributed by atoms with Crippen LogP contribution in [0.5, 0.6) is 0 Å². The zero-order valence-corrected chi connectivity index (χ0v) is 15.3. The summed E-state index contributed by atoms with van der Waals surface area (Å²) in [6.07, 6.45) is 4.86. The summed E-state index contributed by atoms with van der Waals surface area (Å²) in [6, 6.07) is 16.3. The van der Waals surface area contributed by atoms with Crippen molar-refractivity contribution in [2.75, 3.05) is 13.2 Å². The molecular weight excluding hydrogens is 328 g/mol. The maximum absolute atomic E-state index is 12.2. The van der Waals surface area contributed by atoms with E-state index in [9.17, 15) is 9.59 Å². The molecule has 0 aliphatic carbocycles. The van der Waals surface area contributed by atoms with E-state index in [4.69, 9.17) is 9.47 Å². The van der Waals surface area contributed by atoms with Gasteiger partial charge in [0.1, 0.15) is 0 Å². The molecule has 0 aliphatic rings. The molecule has 2 aromatic rings. The van der Waals surface area contributed by atoms with Gasteiger partial charge in [-0.05, 0) is 30.2 Å². The molecule has 0 fully saturated rings. The fourth-order valence-corrected chi connectivity index (χ4v) is 2.54. The molecular formula is C22H26O4. The van der Waals surface area contributed by atoms with Gasteiger partial charge in [0.05, 0.1) is 24.3 Å². The lowest BCUT2D eigenvalue weighted by Crippen LogP contribution is -2.11. The van der Waals surface area contributed by atoms with Gasteiger partial charge in [0.2, 0.25) is 0 Å². The number of rotatable bonds is 10. The molecule has 0 heterocycles. The third kappa shape index (κ3) is 6.71. The second-order valence-corrected chi connectivity index (χ2v) is 6.15. The number of carbonyl (C=O) groups excluding carboxylic acids is 2. The molecule has 138 valence electrons. The van der Waals surface area contributed by atoms with Gasteiger partial charge in [-0.2, -0.15) is 0 Å². The Morgan fingerprint density at radius 2 is 1.42 bits per heavy atom. The quantitative estimate of drug-likeness (QED) is 0.453. The average molecular weight is 354 g/mol. The van der Waals surface area contributed by atoms with Crippen LogP contribution in [0.2, 0.25) is 0 Å². The molecule has 2 rings (SSSR count). The lowest BCUT2D eigenvalue weighted by atomic mass is 10.1. The van der Waals surface area contributed by atoms with Crippen molar-refractivity contribution in [3.8, 4) is 0 Å². The lowest BCUT2D eigenvalue weighted by molar-refractivity contribution is 0.0497. The van der Waals surface area contributed by atoms with Gasteiger partial charge >= 0.3 is 11.9 Å². The van der Waals surface area contributed by atoms with E-state index >= 15 is 0 Å². The van der Waals surface area contributed by atoms with Crippen molar-refractivity contribution in [3.63, 3.8) is 0 Å². The summed E-state index contributed by atoms with van der Waals surface area (Å²) >= 11 is 0. The van der Waals surface area contributed by atoms with E-state index in [1.165, 1.54) is 6.07 Å². The van der Waals surface area contributed by atoms with E-state index < -0.39 is 11.9 Å². The van der Waals surface area contributed by atoms with E-state index in [0.29, 0.717) is 30.8 Å². The molecule has 0 aliphatic heterocycles. The molecule has 0 radical (unpaired) electrons. The van der Waals surface area contributed by atoms with Crippen LogP contribution in [0.25, 0.3) is 0 Å². The van der Waals surface area contributed by atoms with Crippen molar-refractivity contribution in [1.82, 2.24) is 0 Å². The Labute approximate surface area is 155 Å². The maximum Gasteiger partial charge on any atom is 0.338 e. The van der Waals surface area contributed by atoms with E-state index in [1.807, 2.05) is 30.3 Å². The zero-order chi connectivity index (χ0) is 18.6. The smallest absolute Gasteiger partial charge is 0.338 e. The molecule has 0 atom stereocenters. The van der Waals surface area contributed by atoms with Crippen molar-refractivity contribution < 1.29 is 19.1 Å². The van der Waals surface area contributed by atoms with Crippen molar-refractivity contribution in [1.29, 1.82) is 0 Å². The first-order valence-corrected chi connectivity index (χ1v) is 9.19. The minimum absolute atomic E-state index is 0.301. The van der Waals surface area contributed by atoms with Crippen LogP contribution in [0, 0.1) is 0 Å². The maximum atomic E-state index is 12.2. The SMILES string of the molecule is CCCCCCOC(=O)c1cccc(C(=O)OCCc2ccccc2)c1. The van der Waals surface area contributed by atoms with Crippen molar-refractivity contribution >= 4 is 11.9 Å². The van der Waals surface area contributed by atoms with E-state index in [1.54, 1.807) is 18.2 Å². The molecule has 0 bridgehead atoms. The Morgan fingerprint density at radius 1 is 0.769 bits per heavy atom. The molecule has 0 saturated carbocycles. The molecule has 2 aromatic carbocycles. The van der Waals surface area contributed by atoms with Gasteiger partial charge < -0.3 is 9.47 Å². The van der Waals surface area contributed by atoms with Crippen molar-refractivity contribution in [2.24, 2.45) is 0 Å². The van der Waals surface area contributed by atoms with Crippen LogP contribution in [0.1, 0.15) is 58.9 Å². The summed E-state index contributed by atoms with van der Waals surface area (Å²) in [7, 11) is 0. The number of benzene rings is 2. The first kappa shape index (κ1) is 19.7. The first-order chi connectivity index (χ1) is 12.7. The minimum Gasteiger partial charge on any atom is -0.462 e. The Bertz CT molecular complexity index is 694. The van der Waals surface area contributed by atoms with Gasteiger partial charge in [0.25, 0.3) is 0 Å². The highest BCUT2D eigenvalue weighted by molar-refractivity contribution is 5.95. The van der Waals surface area contributed by atoms with E-state index in [2.05, 4.69) is 6.92 Å². The van der Waals surface area contributed by atoms with Crippen LogP contribution < -0.4 is 0 Å². The van der Waals surface area contributed by atoms with Gasteiger partial charge in [-0.3, -0.25) is 0 Å². The fraction of sp³-hybridized carbons (Fsp3) is 0.364. The van der Waals surface area contributed by atoms with Crippen molar-refractivity contribution in [3.05, 3.63) is 71.3 Å². The Morgan fingerprint density at radius 3 is 2.08 bits per heavy atom. The normalized spacial score (nSPS) is 10.3. The largest absolute Gasteiger partial charge is 0.462 e. The third-order valence-corrected chi connectivity index (χ3v) is 4.03. The first-order valence-electron chi connectivity index (χ1n) is 9.19. The van der Waals surface area contributed by atoms with Gasteiger partial charge in [-0.1, -0.05) is 62.6 Å². The molecule has 0 saturated heterocycles. The summed E-state index contributed by atoms with van der Waals surface area (Å²) in [5.41, 5.74) is 1.84. The zero-order valence-electron chi connectivity index (χ0n) is 15.3. The highest BCUT2D eigenvalue weighted by atomic mass is 16.5. The van der Waals surface area contributed by atoms with Gasteiger partial charge in [-0.15, -0.1) is 0 Å². The van der Waals surface area contributed by atoms with Crippen LogP contribution in [-0.2, 0) is 15.9 Å². The Kier molecular flexibility index (Phi) is 8.40. The standard InChI is InChI=1S/C22H26O4/c1-2-3-4-8-15-25-21(23)19-12-9-13-20(17-19)22(24)26-16-14-18-10-6-5-7-11-18/h5-7,9-13,17H,2-4,8,14-16H2,1H3. The second kappa shape index (κ2) is 11.1. The van der Waals surface area contributed by atoms with Crippen LogP contribution in [0.4, 0.5) is 0 Å². The number of ether oxygens (including phenoxy) is 2. The van der Waals surface area contributed by atoms with Gasteiger partial charge in [0, 0.05) is 6.42 Å². The summed E-state index contributed by atoms with van der Waals surface area (Å²) in [5.74, 6) is -0.834. The van der Waals surface area contributed by atoms with E-state index in [0.717, 1.165) is 31.2 Å². The summed E-state index contributed by atoms with van der Waals surface area (Å²) in [6.45, 7) is 2.84. The number of carbonyl (C=O) groups is 2. The molecule has 4 nitrogen and oxygen atoms in total. The topological polar surface area (TPSA) is 52.6 Å². The van der Waals surface area contributed by atoms with Gasteiger partial charge in [0.15, 0.2) is 0 Å². The second-order valence-electron chi connectivity index (χ2n) is 6.15. The number of hydrogen-bond acceptors (Lipinski definition) is 4. The van der Waals surface area contributed by atoms with Crippen LogP contribution >= 0.6 is 0 Å². The van der Waals surface area contributed by atoms with Crippen LogP contribution in [-0.4, -0.2) is 25.2 Å². The fourth-order valence-electron chi connectivity index (χ4n) is 2.54. The predicted octanol–water partition coefficient (Wildman–Crippen LogP) is 4.82. The average Bonchev–Trinajstić information content (AvgIpc) is 2.68. The number of esters is 2. The predicted molar refractivity (Wildman–Crippen MR) is 101 cm³/mol. The lowest BCUT2D eigenvalue weighted by Gasteiger charge is -2.07. The molecule has 26 heavy (non-hydrogen) atoms. The van der Waals surface area contributed by atoms with Gasteiger partial charge in [-0.25, -0.2) is 9.59 Å². The minimum atomic E-state index is -0.432. The third-order valence-electron chi connectivity index (χ3n) is 4.03. The molecule has 0 spiro atoms. The summed E-state index contributed by atoms with van der Waals surface area (Å²) < 4.78 is 10.6. The molecule has 4 heteroatoms. The van der Waals surface area contributed by atoms with Crippen molar-refractivity contribution in [2.45, 2.75) is 39.0 Å². The molecule has 0 unspecified atom stereocenters.